The van der Waals surface area contributed by atoms with Gasteiger partial charge in [-0.1, -0.05) is 46.5 Å². The number of alkyl carbamates (subject to hydrolysis) is 1. The van der Waals surface area contributed by atoms with Gasteiger partial charge >= 0.3 is 6.09 Å². The van der Waals surface area contributed by atoms with E-state index in [4.69, 9.17) is 39.5 Å². The zero-order valence-electron chi connectivity index (χ0n) is 11.4. The molecule has 1 aliphatic rings. The molecule has 0 radical (unpaired) electrons. The average Bonchev–Trinajstić information content (AvgIpc) is 2.25. The topological polar surface area (TPSA) is 38.3 Å². The van der Waals surface area contributed by atoms with E-state index in [1.807, 2.05) is 13.8 Å². The summed E-state index contributed by atoms with van der Waals surface area (Å²) in [4.78, 5) is 11.7. The van der Waals surface area contributed by atoms with Gasteiger partial charge in [0.25, 0.3) is 0 Å². The van der Waals surface area contributed by atoms with Gasteiger partial charge in [-0.2, -0.15) is 0 Å². The third-order valence-corrected chi connectivity index (χ3v) is 3.78. The normalized spacial score (nSPS) is 20.7. The number of alkyl halides is 3. The summed E-state index contributed by atoms with van der Waals surface area (Å²) < 4.78 is 3.32. The lowest BCUT2D eigenvalue weighted by Gasteiger charge is -2.36. The third kappa shape index (κ3) is 6.24. The monoisotopic (exact) mass is 327 g/mol. The molecular weight excluding hydrogens is 309 g/mol. The van der Waals surface area contributed by atoms with Crippen LogP contribution in [-0.2, 0) is 4.74 Å². The highest BCUT2D eigenvalue weighted by atomic mass is 35.6. The lowest BCUT2D eigenvalue weighted by Crippen LogP contribution is -2.50. The van der Waals surface area contributed by atoms with Crippen molar-refractivity contribution in [3.63, 3.8) is 0 Å². The van der Waals surface area contributed by atoms with E-state index in [0.29, 0.717) is 5.92 Å². The van der Waals surface area contributed by atoms with Crippen molar-refractivity contribution in [2.45, 2.75) is 49.4 Å². The molecule has 0 saturated carbocycles. The van der Waals surface area contributed by atoms with Crippen LogP contribution < -0.4 is 5.32 Å². The van der Waals surface area contributed by atoms with E-state index < -0.39 is 9.89 Å². The van der Waals surface area contributed by atoms with Crippen LogP contribution in [0.15, 0.2) is 11.6 Å². The number of hydrogen-bond donors (Lipinski definition) is 1. The summed E-state index contributed by atoms with van der Waals surface area (Å²) >= 11 is 16.6. The number of nitrogens with one attached hydrogen (secondary N) is 1. The summed E-state index contributed by atoms with van der Waals surface area (Å²) in [6.07, 6.45) is 4.76. The molecule has 0 bridgehead atoms. The Morgan fingerprint density at radius 2 is 2.11 bits per heavy atom. The largest absolute Gasteiger partial charge is 0.445 e. The van der Waals surface area contributed by atoms with E-state index in [1.54, 1.807) is 0 Å². The maximum Gasteiger partial charge on any atom is 0.407 e. The van der Waals surface area contributed by atoms with Gasteiger partial charge in [-0.05, 0) is 46.0 Å². The van der Waals surface area contributed by atoms with Crippen LogP contribution in [0.1, 0.15) is 40.0 Å². The molecule has 1 rings (SSSR count). The number of hydrogen-bond acceptors (Lipinski definition) is 2. The first-order chi connectivity index (χ1) is 8.60. The van der Waals surface area contributed by atoms with Gasteiger partial charge in [0, 0.05) is 5.54 Å². The second kappa shape index (κ2) is 6.55. The first-order valence-corrected chi connectivity index (χ1v) is 7.41. The van der Waals surface area contributed by atoms with Crippen molar-refractivity contribution < 1.29 is 9.53 Å². The predicted molar refractivity (Wildman–Crippen MR) is 80.0 cm³/mol. The van der Waals surface area contributed by atoms with Crippen LogP contribution in [0.25, 0.3) is 0 Å². The van der Waals surface area contributed by atoms with E-state index in [0.717, 1.165) is 19.3 Å². The standard InChI is InChI=1S/C13H20Cl3NO2/c1-9-4-6-10(7-5-9)12(2,3)17-11(18)19-8-13(14,15)16/h4,10H,5-8H2,1-3H3,(H,17,18). The van der Waals surface area contributed by atoms with Crippen molar-refractivity contribution in [3.8, 4) is 0 Å². The molecule has 3 nitrogen and oxygen atoms in total. The fraction of sp³-hybridized carbons (Fsp3) is 0.769. The first kappa shape index (κ1) is 16.9. The van der Waals surface area contributed by atoms with Crippen molar-refractivity contribution in [2.24, 2.45) is 5.92 Å². The number of allylic oxidation sites excluding steroid dienone is 2. The zero-order chi connectivity index (χ0) is 14.7. The zero-order valence-corrected chi connectivity index (χ0v) is 13.7. The summed E-state index contributed by atoms with van der Waals surface area (Å²) in [5, 5.41) is 2.85. The lowest BCUT2D eigenvalue weighted by molar-refractivity contribution is 0.126. The molecule has 1 unspecified atom stereocenters. The Balaban J connectivity index is 2.48. The van der Waals surface area contributed by atoms with Gasteiger partial charge in [0.15, 0.2) is 0 Å². The Kier molecular flexibility index (Phi) is 5.84. The number of amides is 1. The molecule has 1 amide bonds. The highest BCUT2D eigenvalue weighted by molar-refractivity contribution is 6.67. The lowest BCUT2D eigenvalue weighted by atomic mass is 9.77. The predicted octanol–water partition coefficient (Wildman–Crippen LogP) is 4.61. The number of carbonyl (C=O) groups excluding carboxylic acids is 1. The molecule has 0 spiro atoms. The van der Waals surface area contributed by atoms with Crippen molar-refractivity contribution in [3.05, 3.63) is 11.6 Å². The van der Waals surface area contributed by atoms with Crippen LogP contribution >= 0.6 is 34.8 Å². The van der Waals surface area contributed by atoms with Crippen molar-refractivity contribution >= 4 is 40.9 Å². The summed E-state index contributed by atoms with van der Waals surface area (Å²) in [6, 6.07) is 0. The van der Waals surface area contributed by atoms with Gasteiger partial charge in [0.05, 0.1) is 0 Å². The van der Waals surface area contributed by atoms with Crippen LogP contribution in [0, 0.1) is 5.92 Å². The second-order valence-electron chi connectivity index (χ2n) is 5.56. The maximum absolute atomic E-state index is 11.7. The molecule has 0 saturated heterocycles. The minimum absolute atomic E-state index is 0.261. The Morgan fingerprint density at radius 1 is 1.47 bits per heavy atom. The Hall–Kier alpha value is -0.120. The van der Waals surface area contributed by atoms with Crippen LogP contribution in [-0.4, -0.2) is 22.0 Å². The number of rotatable bonds is 3. The van der Waals surface area contributed by atoms with Gasteiger partial charge in [0.1, 0.15) is 6.61 Å². The fourth-order valence-corrected chi connectivity index (χ4v) is 2.33. The van der Waals surface area contributed by atoms with E-state index in [-0.39, 0.29) is 12.1 Å². The SMILES string of the molecule is CC1=CCC(C(C)(C)NC(=O)OCC(Cl)(Cl)Cl)CC1. The molecule has 0 heterocycles. The summed E-state index contributed by atoms with van der Waals surface area (Å²) in [6.45, 7) is 5.85. The first-order valence-electron chi connectivity index (χ1n) is 6.27. The van der Waals surface area contributed by atoms with Gasteiger partial charge in [0.2, 0.25) is 3.79 Å². The molecule has 0 aliphatic heterocycles. The second-order valence-corrected chi connectivity index (χ2v) is 8.08. The van der Waals surface area contributed by atoms with Gasteiger partial charge in [-0.15, -0.1) is 0 Å². The van der Waals surface area contributed by atoms with E-state index in [1.165, 1.54) is 5.57 Å². The minimum Gasteiger partial charge on any atom is -0.445 e. The Labute approximate surface area is 129 Å². The van der Waals surface area contributed by atoms with E-state index in [9.17, 15) is 4.79 Å². The molecule has 6 heteroatoms. The molecule has 1 N–H and O–H groups in total. The van der Waals surface area contributed by atoms with E-state index in [2.05, 4.69) is 18.3 Å². The van der Waals surface area contributed by atoms with Crippen LogP contribution in [0.2, 0.25) is 0 Å². The highest BCUT2D eigenvalue weighted by Gasteiger charge is 2.32. The average molecular weight is 329 g/mol. The molecular formula is C13H20Cl3NO2. The molecule has 1 aliphatic carbocycles. The van der Waals surface area contributed by atoms with Crippen LogP contribution in [0.4, 0.5) is 4.79 Å². The minimum atomic E-state index is -1.58. The fourth-order valence-electron chi connectivity index (χ4n) is 2.17. The maximum atomic E-state index is 11.7. The molecule has 1 atom stereocenters. The molecule has 0 aromatic carbocycles. The molecule has 0 fully saturated rings. The third-order valence-electron chi connectivity index (χ3n) is 3.45. The van der Waals surface area contributed by atoms with Crippen LogP contribution in [0.3, 0.4) is 0 Å². The van der Waals surface area contributed by atoms with Crippen molar-refractivity contribution in [1.29, 1.82) is 0 Å². The molecule has 0 aromatic rings. The van der Waals surface area contributed by atoms with Crippen LogP contribution in [0.5, 0.6) is 0 Å². The number of halogens is 3. The molecule has 19 heavy (non-hydrogen) atoms. The molecule has 0 aromatic heterocycles. The summed E-state index contributed by atoms with van der Waals surface area (Å²) in [5.41, 5.74) is 1.06. The number of carbonyl (C=O) groups is 1. The summed E-state index contributed by atoms with van der Waals surface area (Å²) in [7, 11) is 0. The van der Waals surface area contributed by atoms with Crippen molar-refractivity contribution in [1.82, 2.24) is 5.32 Å². The highest BCUT2D eigenvalue weighted by Crippen LogP contribution is 2.32. The Morgan fingerprint density at radius 3 is 2.58 bits per heavy atom. The Bertz CT molecular complexity index is 361. The quantitative estimate of drug-likeness (QED) is 0.607. The summed E-state index contributed by atoms with van der Waals surface area (Å²) in [5.74, 6) is 0.386. The van der Waals surface area contributed by atoms with E-state index >= 15 is 0 Å². The molecule has 110 valence electrons. The van der Waals surface area contributed by atoms with Gasteiger partial charge < -0.3 is 10.1 Å². The smallest absolute Gasteiger partial charge is 0.407 e. The number of ether oxygens (including phenoxy) is 1. The van der Waals surface area contributed by atoms with Crippen molar-refractivity contribution in [2.75, 3.05) is 6.61 Å². The van der Waals surface area contributed by atoms with Gasteiger partial charge in [-0.3, -0.25) is 0 Å². The van der Waals surface area contributed by atoms with Gasteiger partial charge in [-0.25, -0.2) is 4.79 Å².